The molecule has 2 aliphatic heterocycles. The molecule has 2 aromatic heterocycles. The van der Waals surface area contributed by atoms with Crippen LogP contribution in [0, 0.1) is 12.8 Å². The van der Waals surface area contributed by atoms with Crippen molar-refractivity contribution in [1.29, 1.82) is 0 Å². The molecule has 2 fully saturated rings. The fraction of sp³-hybridized carbons (Fsp3) is 0.389. The van der Waals surface area contributed by atoms with Gasteiger partial charge in [-0.05, 0) is 91.3 Å². The van der Waals surface area contributed by atoms with E-state index in [1.807, 2.05) is 31.2 Å². The van der Waals surface area contributed by atoms with Crippen molar-refractivity contribution in [2.45, 2.75) is 83.5 Å². The molecule has 0 saturated carbocycles. The zero-order valence-electron chi connectivity index (χ0n) is 26.9. The Bertz CT molecular complexity index is 1780. The van der Waals surface area contributed by atoms with Crippen molar-refractivity contribution in [1.82, 2.24) is 19.7 Å². The van der Waals surface area contributed by atoms with Gasteiger partial charge in [-0.3, -0.25) is 15.1 Å². The number of halogens is 3. The Hall–Kier alpha value is -4.67. The zero-order valence-corrected chi connectivity index (χ0v) is 26.9. The van der Waals surface area contributed by atoms with Gasteiger partial charge in [0.2, 0.25) is 0 Å². The van der Waals surface area contributed by atoms with E-state index in [9.17, 15) is 22.8 Å². The van der Waals surface area contributed by atoms with Gasteiger partial charge in [0.1, 0.15) is 5.82 Å². The summed E-state index contributed by atoms with van der Waals surface area (Å²) in [5, 5.41) is 10.3. The van der Waals surface area contributed by atoms with Gasteiger partial charge in [0.25, 0.3) is 5.91 Å². The van der Waals surface area contributed by atoms with Crippen LogP contribution in [0.5, 0.6) is 0 Å². The van der Waals surface area contributed by atoms with Crippen molar-refractivity contribution in [3.8, 4) is 5.69 Å². The van der Waals surface area contributed by atoms with Crippen molar-refractivity contribution in [2.75, 3.05) is 10.6 Å². The summed E-state index contributed by atoms with van der Waals surface area (Å²) in [5.41, 5.74) is 3.40. The Morgan fingerprint density at radius 2 is 1.68 bits per heavy atom. The summed E-state index contributed by atoms with van der Waals surface area (Å²) < 4.78 is 42.6. The molecule has 2 bridgehead atoms. The second-order valence-electron chi connectivity index (χ2n) is 13.7. The van der Waals surface area contributed by atoms with Crippen LogP contribution >= 0.6 is 0 Å². The smallest absolute Gasteiger partial charge is 0.333 e. The van der Waals surface area contributed by atoms with Crippen LogP contribution in [0.3, 0.4) is 0 Å². The number of benzene rings is 2. The lowest BCUT2D eigenvalue weighted by Gasteiger charge is -2.39. The third kappa shape index (κ3) is 6.89. The second kappa shape index (κ2) is 12.5. The number of fused-ring (bicyclic) bond motifs is 2. The van der Waals surface area contributed by atoms with Gasteiger partial charge >= 0.3 is 12.2 Å². The van der Waals surface area contributed by atoms with Crippen LogP contribution in [0.25, 0.3) is 5.69 Å². The minimum atomic E-state index is -4.63. The van der Waals surface area contributed by atoms with Gasteiger partial charge in [0, 0.05) is 36.2 Å². The lowest BCUT2D eigenvalue weighted by Crippen LogP contribution is -2.47. The third-order valence-electron chi connectivity index (χ3n) is 9.32. The van der Waals surface area contributed by atoms with Gasteiger partial charge in [-0.15, -0.1) is 0 Å². The van der Waals surface area contributed by atoms with Gasteiger partial charge in [-0.25, -0.2) is 9.48 Å². The van der Waals surface area contributed by atoms with Crippen molar-refractivity contribution in [3.05, 3.63) is 101 Å². The molecule has 11 heteroatoms. The largest absolute Gasteiger partial charge is 0.417 e. The molecule has 2 unspecified atom stereocenters. The molecule has 246 valence electrons. The average molecular weight is 645 g/mol. The van der Waals surface area contributed by atoms with E-state index in [1.165, 1.54) is 0 Å². The van der Waals surface area contributed by atoms with Gasteiger partial charge in [0.15, 0.2) is 0 Å². The molecule has 2 N–H and O–H groups in total. The van der Waals surface area contributed by atoms with E-state index in [-0.39, 0.29) is 29.0 Å². The highest BCUT2D eigenvalue weighted by Gasteiger charge is 2.45. The number of carbonyl (C=O) groups excluding carboxylic acids is 2. The average Bonchev–Trinajstić information content (AvgIpc) is 3.57. The predicted molar refractivity (Wildman–Crippen MR) is 175 cm³/mol. The topological polar surface area (TPSA) is 92.2 Å². The lowest BCUT2D eigenvalue weighted by atomic mass is 9.85. The lowest BCUT2D eigenvalue weighted by molar-refractivity contribution is -0.138. The minimum Gasteiger partial charge on any atom is -0.333 e. The number of aryl methyl sites for hydroxylation is 1. The van der Waals surface area contributed by atoms with Crippen LogP contribution in [0.15, 0.2) is 73.2 Å². The highest BCUT2D eigenvalue weighted by Crippen LogP contribution is 2.42. The number of piperidine rings is 1. The first-order valence-corrected chi connectivity index (χ1v) is 15.9. The van der Waals surface area contributed by atoms with Crippen LogP contribution in [-0.4, -0.2) is 43.7 Å². The van der Waals surface area contributed by atoms with E-state index in [0.717, 1.165) is 60.1 Å². The molecular formula is C36H39F3N6O2. The number of pyridine rings is 1. The van der Waals surface area contributed by atoms with Crippen molar-refractivity contribution in [3.63, 3.8) is 0 Å². The van der Waals surface area contributed by atoms with Gasteiger partial charge < -0.3 is 10.2 Å². The van der Waals surface area contributed by atoms with Crippen LogP contribution in [0.4, 0.5) is 29.5 Å². The van der Waals surface area contributed by atoms with Crippen molar-refractivity contribution >= 4 is 23.4 Å². The van der Waals surface area contributed by atoms with Crippen molar-refractivity contribution < 1.29 is 22.8 Å². The summed E-state index contributed by atoms with van der Waals surface area (Å²) in [7, 11) is 0. The molecule has 0 radical (unpaired) electrons. The van der Waals surface area contributed by atoms with E-state index in [0.29, 0.717) is 24.3 Å². The Morgan fingerprint density at radius 3 is 2.38 bits per heavy atom. The molecule has 8 nitrogen and oxygen atoms in total. The quantitative estimate of drug-likeness (QED) is 0.222. The molecular weight excluding hydrogens is 605 g/mol. The van der Waals surface area contributed by atoms with E-state index in [2.05, 4.69) is 59.7 Å². The van der Waals surface area contributed by atoms with E-state index >= 15 is 0 Å². The van der Waals surface area contributed by atoms with E-state index in [1.54, 1.807) is 21.8 Å². The Labute approximate surface area is 272 Å². The third-order valence-corrected chi connectivity index (χ3v) is 9.32. The van der Waals surface area contributed by atoms with E-state index < -0.39 is 23.7 Å². The number of aromatic nitrogens is 3. The maximum absolute atomic E-state index is 13.6. The predicted octanol–water partition coefficient (Wildman–Crippen LogP) is 8.16. The maximum atomic E-state index is 13.6. The summed E-state index contributed by atoms with van der Waals surface area (Å²) in [6.07, 6.45) is 2.82. The molecule has 2 aromatic carbocycles. The van der Waals surface area contributed by atoms with Crippen LogP contribution < -0.4 is 10.6 Å². The zero-order chi connectivity index (χ0) is 33.5. The first kappa shape index (κ1) is 32.3. The number of anilines is 2. The molecule has 3 amide bonds. The normalized spacial score (nSPS) is 19.5. The number of rotatable bonds is 6. The van der Waals surface area contributed by atoms with Gasteiger partial charge in [-0.1, -0.05) is 45.0 Å². The molecule has 6 rings (SSSR count). The molecule has 4 aromatic rings. The molecule has 4 heterocycles. The molecule has 0 spiro atoms. The highest BCUT2D eigenvalue weighted by atomic mass is 19.4. The number of alkyl halides is 3. The minimum absolute atomic E-state index is 0.0415. The number of nitrogens with one attached hydrogen (secondary N) is 2. The summed E-state index contributed by atoms with van der Waals surface area (Å²) in [6.45, 7) is 8.47. The second-order valence-corrected chi connectivity index (χ2v) is 13.7. The monoisotopic (exact) mass is 644 g/mol. The Kier molecular flexibility index (Phi) is 8.59. The van der Waals surface area contributed by atoms with E-state index in [4.69, 9.17) is 0 Å². The Morgan fingerprint density at radius 1 is 0.936 bits per heavy atom. The van der Waals surface area contributed by atoms with Crippen LogP contribution in [0.1, 0.15) is 79.1 Å². The van der Waals surface area contributed by atoms with Crippen LogP contribution in [-0.2, 0) is 18.0 Å². The number of hydrogen-bond donors (Lipinski definition) is 2. The molecule has 2 aliphatic rings. The Balaban J connectivity index is 1.10. The first-order chi connectivity index (χ1) is 22.3. The molecule has 47 heavy (non-hydrogen) atoms. The number of urea groups is 1. The molecule has 2 atom stereocenters. The van der Waals surface area contributed by atoms with Crippen LogP contribution in [0.2, 0.25) is 0 Å². The molecule has 2 saturated heterocycles. The number of amides is 3. The SMILES string of the molecule is Cc1ccc(C(C)(C)C)cc1-n1nccc1NC(=O)Nc1cccc(CC2CC3CCC(C2)N3C(=O)c2cnccc2C(F)(F)F)c1. The highest BCUT2D eigenvalue weighted by molar-refractivity contribution is 5.99. The fourth-order valence-electron chi connectivity index (χ4n) is 7.02. The summed E-state index contributed by atoms with van der Waals surface area (Å²) >= 11 is 0. The maximum Gasteiger partial charge on any atom is 0.417 e. The summed E-state index contributed by atoms with van der Waals surface area (Å²) in [4.78, 5) is 31.9. The number of nitrogens with zero attached hydrogens (tertiary/aromatic N) is 4. The van der Waals surface area contributed by atoms with Gasteiger partial charge in [-0.2, -0.15) is 18.3 Å². The molecule has 0 aliphatic carbocycles. The van der Waals surface area contributed by atoms with Crippen molar-refractivity contribution in [2.24, 2.45) is 5.92 Å². The number of hydrogen-bond acceptors (Lipinski definition) is 4. The summed E-state index contributed by atoms with van der Waals surface area (Å²) in [6, 6.07) is 15.9. The first-order valence-electron chi connectivity index (χ1n) is 15.9. The van der Waals surface area contributed by atoms with Gasteiger partial charge in [0.05, 0.1) is 23.0 Å². The fourth-order valence-corrected chi connectivity index (χ4v) is 7.02. The number of carbonyl (C=O) groups is 2. The summed E-state index contributed by atoms with van der Waals surface area (Å²) in [5.74, 6) is 0.211. The standard InChI is InChI=1S/C36H39F3N6O2/c1-22-8-9-25(35(2,3)4)20-31(22)45-32(13-15-41-45)43-34(47)42-26-7-5-6-23(17-26)16-24-18-27-10-11-28(19-24)44(27)33(46)29-21-40-14-12-30(29)36(37,38)39/h5-9,12-15,17,20-21,24,27-28H,10-11,16,18-19H2,1-4H3,(H2,42,43,47).